The van der Waals surface area contributed by atoms with E-state index in [1.165, 1.54) is 0 Å². The van der Waals surface area contributed by atoms with Crippen LogP contribution in [0.1, 0.15) is 31.7 Å². The Morgan fingerprint density at radius 1 is 1.19 bits per heavy atom. The molecule has 21 heavy (non-hydrogen) atoms. The van der Waals surface area contributed by atoms with Gasteiger partial charge in [0.2, 0.25) is 10.0 Å². The summed E-state index contributed by atoms with van der Waals surface area (Å²) in [5.74, 6) is 0.358. The second-order valence-corrected chi connectivity index (χ2v) is 9.25. The second kappa shape index (κ2) is 9.01. The largest absolute Gasteiger partial charge is 0.241 e. The molecule has 120 valence electrons. The molecule has 1 aromatic carbocycles. The summed E-state index contributed by atoms with van der Waals surface area (Å²) in [4.78, 5) is 0.272. The lowest BCUT2D eigenvalue weighted by molar-refractivity contribution is 0.459. The van der Waals surface area contributed by atoms with E-state index in [0.717, 1.165) is 34.6 Å². The van der Waals surface area contributed by atoms with Crippen molar-refractivity contribution in [2.75, 3.05) is 11.9 Å². The number of nitrogens with one attached hydrogen (secondary N) is 1. The van der Waals surface area contributed by atoms with Crippen LogP contribution in [0.3, 0.4) is 0 Å². The third-order valence-corrected chi connectivity index (χ3v) is 6.97. The van der Waals surface area contributed by atoms with Gasteiger partial charge in [0.25, 0.3) is 0 Å². The molecule has 0 heterocycles. The Kier molecular flexibility index (Phi) is 8.42. The van der Waals surface area contributed by atoms with Gasteiger partial charge in [-0.25, -0.2) is 13.1 Å². The zero-order chi connectivity index (χ0) is 16.0. The molecule has 0 spiro atoms. The molecule has 0 aromatic heterocycles. The lowest BCUT2D eigenvalue weighted by atomic mass is 10.0. The second-order valence-electron chi connectivity index (χ2n) is 5.02. The van der Waals surface area contributed by atoms with Gasteiger partial charge < -0.3 is 0 Å². The van der Waals surface area contributed by atoms with E-state index >= 15 is 0 Å². The van der Waals surface area contributed by atoms with E-state index in [2.05, 4.69) is 59.4 Å². The van der Waals surface area contributed by atoms with E-state index in [0.29, 0.717) is 16.9 Å². The van der Waals surface area contributed by atoms with Gasteiger partial charge in [0.15, 0.2) is 0 Å². The van der Waals surface area contributed by atoms with E-state index in [4.69, 9.17) is 0 Å². The minimum atomic E-state index is -3.50. The Hall–Kier alpha value is 0.570. The third kappa shape index (κ3) is 5.94. The van der Waals surface area contributed by atoms with Gasteiger partial charge in [-0.05, 0) is 59.3 Å². The number of sulfonamides is 1. The number of rotatable bonds is 8. The van der Waals surface area contributed by atoms with Crippen molar-refractivity contribution in [1.29, 1.82) is 0 Å². The first-order valence-corrected chi connectivity index (χ1v) is 11.0. The molecule has 0 saturated carbocycles. The molecule has 0 radical (unpaired) electrons. The Bertz CT molecular complexity index is 570. The highest BCUT2D eigenvalue weighted by atomic mass is 79.9. The van der Waals surface area contributed by atoms with Crippen LogP contribution in [0.4, 0.5) is 0 Å². The predicted molar refractivity (Wildman–Crippen MR) is 98.6 cm³/mol. The number of benzene rings is 1. The quantitative estimate of drug-likeness (QED) is 0.505. The topological polar surface area (TPSA) is 46.2 Å². The van der Waals surface area contributed by atoms with Crippen LogP contribution in [0.5, 0.6) is 0 Å². The standard InChI is InChI=1S/C14H20Br3NO2S/c1-3-4-11(5-6-15)9-18-21(19,20)14-8-12(16)10(2)7-13(14)17/h7-8,11,18H,3-6,9H2,1-2H3. The highest BCUT2D eigenvalue weighted by Crippen LogP contribution is 2.28. The van der Waals surface area contributed by atoms with Crippen LogP contribution in [0, 0.1) is 12.8 Å². The fraction of sp³-hybridized carbons (Fsp3) is 0.571. The van der Waals surface area contributed by atoms with E-state index in [9.17, 15) is 8.42 Å². The molecule has 0 saturated heterocycles. The molecule has 1 aromatic rings. The molecule has 1 rings (SSSR count). The van der Waals surface area contributed by atoms with Crippen LogP contribution in [-0.2, 0) is 10.0 Å². The maximum atomic E-state index is 12.5. The molecule has 0 amide bonds. The zero-order valence-electron chi connectivity index (χ0n) is 12.1. The maximum absolute atomic E-state index is 12.5. The van der Waals surface area contributed by atoms with Gasteiger partial charge in [0, 0.05) is 20.8 Å². The van der Waals surface area contributed by atoms with Crippen LogP contribution < -0.4 is 4.72 Å². The van der Waals surface area contributed by atoms with Crippen LogP contribution in [0.25, 0.3) is 0 Å². The van der Waals surface area contributed by atoms with Crippen molar-refractivity contribution in [2.45, 2.75) is 38.0 Å². The molecule has 1 atom stereocenters. The van der Waals surface area contributed by atoms with E-state index < -0.39 is 10.0 Å². The summed E-state index contributed by atoms with van der Waals surface area (Å²) in [5, 5.41) is 0.888. The first-order chi connectivity index (χ1) is 9.81. The number of aryl methyl sites for hydroxylation is 1. The molecular weight excluding hydrogens is 486 g/mol. The zero-order valence-corrected chi connectivity index (χ0v) is 17.7. The van der Waals surface area contributed by atoms with Gasteiger partial charge in [-0.15, -0.1) is 0 Å². The average molecular weight is 506 g/mol. The van der Waals surface area contributed by atoms with Crippen LogP contribution in [-0.4, -0.2) is 20.3 Å². The third-order valence-electron chi connectivity index (χ3n) is 3.28. The summed E-state index contributed by atoms with van der Waals surface area (Å²) in [5.41, 5.74) is 0.990. The first kappa shape index (κ1) is 19.6. The Morgan fingerprint density at radius 2 is 1.86 bits per heavy atom. The monoisotopic (exact) mass is 503 g/mol. The van der Waals surface area contributed by atoms with Crippen molar-refractivity contribution in [2.24, 2.45) is 5.92 Å². The highest BCUT2D eigenvalue weighted by molar-refractivity contribution is 9.11. The summed E-state index contributed by atoms with van der Waals surface area (Å²) < 4.78 is 29.0. The number of hydrogen-bond acceptors (Lipinski definition) is 2. The molecule has 0 aliphatic rings. The van der Waals surface area contributed by atoms with Gasteiger partial charge in [-0.3, -0.25) is 0 Å². The summed E-state index contributed by atoms with van der Waals surface area (Å²) >= 11 is 10.1. The van der Waals surface area contributed by atoms with Crippen LogP contribution in [0.15, 0.2) is 26.0 Å². The molecule has 0 bridgehead atoms. The number of alkyl halides is 1. The van der Waals surface area contributed by atoms with E-state index in [1.807, 2.05) is 6.92 Å². The molecule has 7 heteroatoms. The molecule has 0 aliphatic heterocycles. The van der Waals surface area contributed by atoms with Crippen molar-refractivity contribution < 1.29 is 8.42 Å². The minimum Gasteiger partial charge on any atom is -0.211 e. The first-order valence-electron chi connectivity index (χ1n) is 6.83. The number of halogens is 3. The lowest BCUT2D eigenvalue weighted by Gasteiger charge is -2.16. The Balaban J connectivity index is 2.89. The van der Waals surface area contributed by atoms with Crippen LogP contribution in [0.2, 0.25) is 0 Å². The normalized spacial score (nSPS) is 13.4. The predicted octanol–water partition coefficient (Wildman–Crippen LogP) is 5.00. The number of hydrogen-bond donors (Lipinski definition) is 1. The maximum Gasteiger partial charge on any atom is 0.241 e. The fourth-order valence-corrected chi connectivity index (χ4v) is 5.49. The summed E-state index contributed by atoms with van der Waals surface area (Å²) in [6.07, 6.45) is 3.04. The molecule has 3 nitrogen and oxygen atoms in total. The molecular formula is C14H20Br3NO2S. The molecule has 1 N–H and O–H groups in total. The van der Waals surface area contributed by atoms with Crippen LogP contribution >= 0.6 is 47.8 Å². The molecule has 0 aliphatic carbocycles. The summed E-state index contributed by atoms with van der Waals surface area (Å²) in [6, 6.07) is 3.45. The van der Waals surface area contributed by atoms with Gasteiger partial charge in [0.05, 0.1) is 4.90 Å². The van der Waals surface area contributed by atoms with Crippen molar-refractivity contribution in [3.63, 3.8) is 0 Å². The van der Waals surface area contributed by atoms with Crippen molar-refractivity contribution in [3.05, 3.63) is 26.6 Å². The van der Waals surface area contributed by atoms with Gasteiger partial charge >= 0.3 is 0 Å². The average Bonchev–Trinajstić information content (AvgIpc) is 2.40. The summed E-state index contributed by atoms with van der Waals surface area (Å²) in [7, 11) is -3.50. The van der Waals surface area contributed by atoms with Crippen molar-refractivity contribution in [3.8, 4) is 0 Å². The summed E-state index contributed by atoms with van der Waals surface area (Å²) in [6.45, 7) is 4.51. The SMILES string of the molecule is CCCC(CCBr)CNS(=O)(=O)c1cc(Br)c(C)cc1Br. The van der Waals surface area contributed by atoms with Gasteiger partial charge in [-0.2, -0.15) is 0 Å². The smallest absolute Gasteiger partial charge is 0.211 e. The molecule has 1 unspecified atom stereocenters. The Morgan fingerprint density at radius 3 is 2.43 bits per heavy atom. The Labute approximate surface area is 152 Å². The van der Waals surface area contributed by atoms with Gasteiger partial charge in [-0.1, -0.05) is 45.2 Å². The van der Waals surface area contributed by atoms with E-state index in [1.54, 1.807) is 12.1 Å². The van der Waals surface area contributed by atoms with Crippen molar-refractivity contribution >= 4 is 57.8 Å². The molecule has 0 fully saturated rings. The minimum absolute atomic E-state index is 0.272. The van der Waals surface area contributed by atoms with Gasteiger partial charge in [0.1, 0.15) is 0 Å². The lowest BCUT2D eigenvalue weighted by Crippen LogP contribution is -2.30. The fourth-order valence-electron chi connectivity index (χ4n) is 2.05. The van der Waals surface area contributed by atoms with Crippen molar-refractivity contribution in [1.82, 2.24) is 4.72 Å². The highest BCUT2D eigenvalue weighted by Gasteiger charge is 2.20. The van der Waals surface area contributed by atoms with E-state index in [-0.39, 0.29) is 4.90 Å².